The van der Waals surface area contributed by atoms with E-state index in [2.05, 4.69) is 15.9 Å². The maximum atomic E-state index is 12.2. The lowest BCUT2D eigenvalue weighted by molar-refractivity contribution is 0.0695. The summed E-state index contributed by atoms with van der Waals surface area (Å²) in [5.74, 6) is -1.17. The number of carbonyl (C=O) groups is 1. The molecule has 18 heavy (non-hydrogen) atoms. The van der Waals surface area contributed by atoms with Gasteiger partial charge in [0.2, 0.25) is 5.43 Å². The molecule has 0 saturated heterocycles. The number of carboxylic acids is 1. The summed E-state index contributed by atoms with van der Waals surface area (Å²) in [4.78, 5) is 23.2. The van der Waals surface area contributed by atoms with Crippen LogP contribution in [0.15, 0.2) is 27.6 Å². The zero-order valence-corrected chi connectivity index (χ0v) is 11.0. The predicted octanol–water partition coefficient (Wildman–Crippen LogP) is 2.41. The Morgan fingerprint density at radius 3 is 2.89 bits per heavy atom. The normalized spacial score (nSPS) is 13.8. The SMILES string of the molecule is O=C(O)c1cn2c3c(cc(Br)cc3c1=O)CCC2. The molecule has 3 rings (SSSR count). The van der Waals surface area contributed by atoms with Gasteiger partial charge in [-0.1, -0.05) is 15.9 Å². The summed E-state index contributed by atoms with van der Waals surface area (Å²) >= 11 is 3.37. The average molecular weight is 308 g/mol. The molecule has 0 fully saturated rings. The van der Waals surface area contributed by atoms with Crippen molar-refractivity contribution in [2.45, 2.75) is 19.4 Å². The summed E-state index contributed by atoms with van der Waals surface area (Å²) < 4.78 is 2.70. The standard InChI is InChI=1S/C13H10BrNO3/c14-8-4-7-2-1-3-15-6-10(13(17)18)12(16)9(5-8)11(7)15/h4-6H,1-3H2,(H,17,18). The molecule has 0 saturated carbocycles. The summed E-state index contributed by atoms with van der Waals surface area (Å²) in [6.07, 6.45) is 3.34. The molecule has 5 heteroatoms. The van der Waals surface area contributed by atoms with Gasteiger partial charge in [0.25, 0.3) is 0 Å². The lowest BCUT2D eigenvalue weighted by Crippen LogP contribution is -2.21. The largest absolute Gasteiger partial charge is 0.477 e. The Morgan fingerprint density at radius 2 is 2.17 bits per heavy atom. The third kappa shape index (κ3) is 1.58. The lowest BCUT2D eigenvalue weighted by atomic mass is 10.00. The number of halogens is 1. The second-order valence-electron chi connectivity index (χ2n) is 4.44. The van der Waals surface area contributed by atoms with Gasteiger partial charge in [-0.2, -0.15) is 0 Å². The smallest absolute Gasteiger partial charge is 0.341 e. The highest BCUT2D eigenvalue weighted by atomic mass is 79.9. The topological polar surface area (TPSA) is 59.3 Å². The van der Waals surface area contributed by atoms with Crippen LogP contribution in [0.1, 0.15) is 22.3 Å². The summed E-state index contributed by atoms with van der Waals surface area (Å²) in [5.41, 5.74) is 1.41. The molecule has 4 nitrogen and oxygen atoms in total. The first-order chi connectivity index (χ1) is 8.58. The highest BCUT2D eigenvalue weighted by Gasteiger charge is 2.19. The summed E-state index contributed by atoms with van der Waals surface area (Å²) in [6.45, 7) is 0.756. The number of hydrogen-bond donors (Lipinski definition) is 1. The van der Waals surface area contributed by atoms with Gasteiger partial charge in [-0.3, -0.25) is 4.79 Å². The Balaban J connectivity index is 2.52. The molecule has 1 aromatic heterocycles. The van der Waals surface area contributed by atoms with E-state index in [1.165, 1.54) is 6.20 Å². The minimum atomic E-state index is -1.17. The number of pyridine rings is 1. The van der Waals surface area contributed by atoms with Crippen molar-refractivity contribution in [3.05, 3.63) is 44.2 Å². The molecule has 0 bridgehead atoms. The fourth-order valence-corrected chi connectivity index (χ4v) is 3.06. The van der Waals surface area contributed by atoms with E-state index in [-0.39, 0.29) is 5.56 Å². The van der Waals surface area contributed by atoms with E-state index in [0.29, 0.717) is 5.39 Å². The number of aromatic nitrogens is 1. The maximum absolute atomic E-state index is 12.2. The van der Waals surface area contributed by atoms with Crippen molar-refractivity contribution < 1.29 is 9.90 Å². The van der Waals surface area contributed by atoms with Crippen LogP contribution in [0.5, 0.6) is 0 Å². The van der Waals surface area contributed by atoms with Gasteiger partial charge in [0.05, 0.1) is 5.52 Å². The minimum Gasteiger partial charge on any atom is -0.477 e. The first-order valence-electron chi connectivity index (χ1n) is 5.67. The molecule has 0 spiro atoms. The van der Waals surface area contributed by atoms with Gasteiger partial charge in [0.15, 0.2) is 0 Å². The van der Waals surface area contributed by atoms with Gasteiger partial charge >= 0.3 is 5.97 Å². The van der Waals surface area contributed by atoms with Crippen molar-refractivity contribution in [2.24, 2.45) is 0 Å². The van der Waals surface area contributed by atoms with Crippen LogP contribution in [0.4, 0.5) is 0 Å². The molecule has 2 heterocycles. The highest BCUT2D eigenvalue weighted by molar-refractivity contribution is 9.10. The number of benzene rings is 1. The van der Waals surface area contributed by atoms with Gasteiger partial charge in [-0.05, 0) is 30.5 Å². The van der Waals surface area contributed by atoms with Crippen LogP contribution in [0.2, 0.25) is 0 Å². The number of nitrogens with zero attached hydrogens (tertiary/aromatic N) is 1. The number of aryl methyl sites for hydroxylation is 2. The van der Waals surface area contributed by atoms with Gasteiger partial charge in [0.1, 0.15) is 5.56 Å². The third-order valence-corrected chi connectivity index (χ3v) is 3.75. The summed E-state index contributed by atoms with van der Waals surface area (Å²) in [7, 11) is 0. The highest BCUT2D eigenvalue weighted by Crippen LogP contribution is 2.27. The molecule has 1 aliphatic rings. The number of rotatable bonds is 1. The molecule has 1 aromatic carbocycles. The van der Waals surface area contributed by atoms with Crippen LogP contribution in [-0.2, 0) is 13.0 Å². The molecule has 0 unspecified atom stereocenters. The number of aromatic carboxylic acids is 1. The number of carboxylic acid groups (broad SMARTS) is 1. The molecule has 0 aliphatic carbocycles. The lowest BCUT2D eigenvalue weighted by Gasteiger charge is -2.20. The summed E-state index contributed by atoms with van der Waals surface area (Å²) in [6, 6.07) is 3.70. The zero-order valence-electron chi connectivity index (χ0n) is 9.44. The van der Waals surface area contributed by atoms with E-state index in [1.807, 2.05) is 10.6 Å². The van der Waals surface area contributed by atoms with Crippen molar-refractivity contribution in [1.29, 1.82) is 0 Å². The predicted molar refractivity (Wildman–Crippen MR) is 71.2 cm³/mol. The second kappa shape index (κ2) is 3.95. The van der Waals surface area contributed by atoms with Crippen molar-refractivity contribution in [1.82, 2.24) is 4.57 Å². The Bertz CT molecular complexity index is 733. The van der Waals surface area contributed by atoms with Gasteiger partial charge in [0, 0.05) is 22.6 Å². The number of hydrogen-bond acceptors (Lipinski definition) is 2. The van der Waals surface area contributed by atoms with Crippen molar-refractivity contribution in [3.8, 4) is 0 Å². The van der Waals surface area contributed by atoms with Crippen LogP contribution in [0.25, 0.3) is 10.9 Å². The first kappa shape index (κ1) is 11.5. The molecular weight excluding hydrogens is 298 g/mol. The van der Waals surface area contributed by atoms with E-state index in [0.717, 1.165) is 34.9 Å². The molecule has 0 atom stereocenters. The molecule has 0 amide bonds. The fourth-order valence-electron chi connectivity index (χ4n) is 2.55. The van der Waals surface area contributed by atoms with Crippen LogP contribution in [-0.4, -0.2) is 15.6 Å². The van der Waals surface area contributed by atoms with Crippen molar-refractivity contribution in [2.75, 3.05) is 0 Å². The van der Waals surface area contributed by atoms with Crippen LogP contribution in [0, 0.1) is 0 Å². The van der Waals surface area contributed by atoms with Gasteiger partial charge in [-0.25, -0.2) is 4.79 Å². The van der Waals surface area contributed by atoms with E-state index < -0.39 is 11.4 Å². The Kier molecular flexibility index (Phi) is 2.52. The van der Waals surface area contributed by atoms with Crippen molar-refractivity contribution >= 4 is 32.8 Å². The fraction of sp³-hybridized carbons (Fsp3) is 0.231. The van der Waals surface area contributed by atoms with E-state index in [9.17, 15) is 9.59 Å². The quantitative estimate of drug-likeness (QED) is 0.880. The summed E-state index contributed by atoms with van der Waals surface area (Å²) in [5, 5.41) is 9.56. The minimum absolute atomic E-state index is 0.159. The molecule has 2 aromatic rings. The van der Waals surface area contributed by atoms with Crippen LogP contribution in [0.3, 0.4) is 0 Å². The maximum Gasteiger partial charge on any atom is 0.341 e. The third-order valence-electron chi connectivity index (χ3n) is 3.29. The Labute approximate surface area is 111 Å². The van der Waals surface area contributed by atoms with Crippen molar-refractivity contribution in [3.63, 3.8) is 0 Å². The van der Waals surface area contributed by atoms with E-state index >= 15 is 0 Å². The molecule has 1 aliphatic heterocycles. The monoisotopic (exact) mass is 307 g/mol. The van der Waals surface area contributed by atoms with Crippen LogP contribution < -0.4 is 5.43 Å². The Hall–Kier alpha value is -1.62. The Morgan fingerprint density at radius 1 is 1.39 bits per heavy atom. The molecular formula is C13H10BrNO3. The first-order valence-corrected chi connectivity index (χ1v) is 6.46. The van der Waals surface area contributed by atoms with Gasteiger partial charge in [-0.15, -0.1) is 0 Å². The van der Waals surface area contributed by atoms with E-state index in [1.54, 1.807) is 6.07 Å². The molecule has 0 radical (unpaired) electrons. The zero-order chi connectivity index (χ0) is 12.9. The van der Waals surface area contributed by atoms with Crippen LogP contribution >= 0.6 is 15.9 Å². The van der Waals surface area contributed by atoms with Gasteiger partial charge < -0.3 is 9.67 Å². The second-order valence-corrected chi connectivity index (χ2v) is 5.35. The van der Waals surface area contributed by atoms with E-state index in [4.69, 9.17) is 5.11 Å². The average Bonchev–Trinajstić information content (AvgIpc) is 2.32. The molecule has 92 valence electrons. The molecule has 1 N–H and O–H groups in total.